The number of carbonyl (C=O) groups is 1. The summed E-state index contributed by atoms with van der Waals surface area (Å²) in [5.41, 5.74) is 1.43. The third-order valence-corrected chi connectivity index (χ3v) is 3.75. The van der Waals surface area contributed by atoms with Crippen LogP contribution in [0.2, 0.25) is 0 Å². The van der Waals surface area contributed by atoms with Crippen molar-refractivity contribution >= 4 is 40.4 Å². The highest BCUT2D eigenvalue weighted by molar-refractivity contribution is 7.10. The minimum absolute atomic E-state index is 0.168. The quantitative estimate of drug-likeness (QED) is 0.741. The highest BCUT2D eigenvalue weighted by Crippen LogP contribution is 2.19. The summed E-state index contributed by atoms with van der Waals surface area (Å²) in [4.78, 5) is 16.8. The zero-order valence-electron chi connectivity index (χ0n) is 10.4. The second-order valence-corrected chi connectivity index (χ2v) is 5.23. The van der Waals surface area contributed by atoms with Crippen LogP contribution < -0.4 is 5.11 Å². The Bertz CT molecular complexity index is 791. The van der Waals surface area contributed by atoms with Gasteiger partial charge in [-0.3, -0.25) is 0 Å². The van der Waals surface area contributed by atoms with Gasteiger partial charge in [0.05, 0.1) is 17.2 Å². The molecule has 0 fully saturated rings. The summed E-state index contributed by atoms with van der Waals surface area (Å²) < 4.78 is 0. The number of pyridine rings is 1. The number of aromatic carboxylic acids is 1. The summed E-state index contributed by atoms with van der Waals surface area (Å²) in [5, 5.41) is 13.8. The Morgan fingerprint density at radius 2 is 2.00 bits per heavy atom. The Balaban J connectivity index is 2.10. The fraction of sp³-hybridized carbons (Fsp3) is 0. The van der Waals surface area contributed by atoms with E-state index in [1.54, 1.807) is 35.6 Å². The largest absolute Gasteiger partial charge is 0.545 e. The normalized spacial score (nSPS) is 11.2. The van der Waals surface area contributed by atoms with Gasteiger partial charge in [-0.1, -0.05) is 24.3 Å². The molecule has 0 unspecified atom stereocenters. The van der Waals surface area contributed by atoms with Gasteiger partial charge in [0.2, 0.25) is 0 Å². The predicted molar refractivity (Wildman–Crippen MR) is 79.3 cm³/mol. The van der Waals surface area contributed by atoms with E-state index in [1.165, 1.54) is 0 Å². The van der Waals surface area contributed by atoms with Crippen LogP contribution in [0.4, 0.5) is 0 Å². The van der Waals surface area contributed by atoms with Crippen LogP contribution in [0.15, 0.2) is 47.8 Å². The van der Waals surface area contributed by atoms with Crippen molar-refractivity contribution in [3.8, 4) is 0 Å². The van der Waals surface area contributed by atoms with Gasteiger partial charge >= 0.3 is 0 Å². The van der Waals surface area contributed by atoms with Gasteiger partial charge in [0, 0.05) is 15.8 Å². The molecule has 0 N–H and O–H groups in total. The third-order valence-electron chi connectivity index (χ3n) is 2.92. The number of para-hydroxylation sites is 1. The number of aromatic nitrogens is 1. The molecule has 0 saturated carbocycles. The van der Waals surface area contributed by atoms with Gasteiger partial charge in [0.15, 0.2) is 0 Å². The van der Waals surface area contributed by atoms with Crippen molar-refractivity contribution < 1.29 is 9.90 Å². The van der Waals surface area contributed by atoms with E-state index in [-0.39, 0.29) is 5.56 Å². The molecule has 0 bridgehead atoms. The lowest BCUT2D eigenvalue weighted by Crippen LogP contribution is -2.22. The number of carbonyl (C=O) groups excluding carboxylic acids is 1. The van der Waals surface area contributed by atoms with Gasteiger partial charge in [0.25, 0.3) is 0 Å². The first-order chi connectivity index (χ1) is 9.74. The molecule has 98 valence electrons. The van der Waals surface area contributed by atoms with Gasteiger partial charge in [-0.25, -0.2) is 4.98 Å². The van der Waals surface area contributed by atoms with Crippen LogP contribution in [0.1, 0.15) is 20.9 Å². The van der Waals surface area contributed by atoms with Crippen LogP contribution in [-0.4, -0.2) is 11.0 Å². The molecule has 4 heteroatoms. The maximum absolute atomic E-state index is 11.2. The maximum atomic E-state index is 11.2. The summed E-state index contributed by atoms with van der Waals surface area (Å²) in [5.74, 6) is -1.19. The van der Waals surface area contributed by atoms with E-state index in [2.05, 4.69) is 4.98 Å². The van der Waals surface area contributed by atoms with Crippen LogP contribution in [0.5, 0.6) is 0 Å². The van der Waals surface area contributed by atoms with E-state index in [0.29, 0.717) is 16.6 Å². The molecule has 0 aliphatic carbocycles. The van der Waals surface area contributed by atoms with Gasteiger partial charge in [-0.05, 0) is 35.7 Å². The minimum Gasteiger partial charge on any atom is -0.545 e. The topological polar surface area (TPSA) is 53.0 Å². The first-order valence-electron chi connectivity index (χ1n) is 6.07. The maximum Gasteiger partial charge on any atom is 0.0722 e. The summed E-state index contributed by atoms with van der Waals surface area (Å²) in [6.45, 7) is 0. The van der Waals surface area contributed by atoms with E-state index in [9.17, 15) is 9.90 Å². The lowest BCUT2D eigenvalue weighted by molar-refractivity contribution is -0.254. The van der Waals surface area contributed by atoms with Crippen molar-refractivity contribution in [2.75, 3.05) is 0 Å². The van der Waals surface area contributed by atoms with Crippen molar-refractivity contribution in [2.24, 2.45) is 0 Å². The number of fused-ring (bicyclic) bond motifs is 1. The molecule has 1 aromatic carbocycles. The lowest BCUT2D eigenvalue weighted by atomic mass is 10.1. The van der Waals surface area contributed by atoms with Crippen LogP contribution in [-0.2, 0) is 0 Å². The van der Waals surface area contributed by atoms with E-state index >= 15 is 0 Å². The van der Waals surface area contributed by atoms with Gasteiger partial charge < -0.3 is 9.90 Å². The van der Waals surface area contributed by atoms with Crippen LogP contribution in [0, 0.1) is 0 Å². The van der Waals surface area contributed by atoms with Crippen LogP contribution in [0.3, 0.4) is 0 Å². The smallest absolute Gasteiger partial charge is 0.0722 e. The Morgan fingerprint density at radius 3 is 2.75 bits per heavy atom. The van der Waals surface area contributed by atoms with Crippen molar-refractivity contribution in [1.29, 1.82) is 0 Å². The number of thiophene rings is 1. The molecule has 20 heavy (non-hydrogen) atoms. The Kier molecular flexibility index (Phi) is 3.31. The van der Waals surface area contributed by atoms with Gasteiger partial charge in [0.1, 0.15) is 0 Å². The number of rotatable bonds is 3. The number of hydrogen-bond donors (Lipinski definition) is 0. The van der Waals surface area contributed by atoms with E-state index in [1.807, 2.05) is 35.7 Å². The molecule has 0 atom stereocenters. The fourth-order valence-corrected chi connectivity index (χ4v) is 2.62. The Labute approximate surface area is 119 Å². The third kappa shape index (κ3) is 2.46. The molecule has 3 rings (SSSR count). The van der Waals surface area contributed by atoms with Gasteiger partial charge in [-0.15, -0.1) is 11.3 Å². The number of benzene rings is 1. The number of nitrogens with zero attached hydrogens (tertiary/aromatic N) is 1. The second-order valence-electron chi connectivity index (χ2n) is 4.25. The number of carboxylic acid groups (broad SMARTS) is 1. The number of hydrogen-bond acceptors (Lipinski definition) is 4. The summed E-state index contributed by atoms with van der Waals surface area (Å²) >= 11 is 1.61. The zero-order valence-corrected chi connectivity index (χ0v) is 11.3. The van der Waals surface area contributed by atoms with Crippen molar-refractivity contribution in [3.05, 3.63) is 64.0 Å². The molecule has 2 heterocycles. The molecule has 3 aromatic rings. The molecular weight excluding hydrogens is 270 g/mol. The van der Waals surface area contributed by atoms with E-state index in [0.717, 1.165) is 4.88 Å². The Morgan fingerprint density at radius 1 is 1.15 bits per heavy atom. The highest BCUT2D eigenvalue weighted by atomic mass is 32.1. The molecule has 0 saturated heterocycles. The molecule has 3 nitrogen and oxygen atoms in total. The zero-order chi connectivity index (χ0) is 13.9. The molecule has 2 aromatic heterocycles. The van der Waals surface area contributed by atoms with Crippen LogP contribution >= 0.6 is 11.3 Å². The summed E-state index contributed by atoms with van der Waals surface area (Å²) in [6.07, 6.45) is 3.73. The average molecular weight is 280 g/mol. The summed E-state index contributed by atoms with van der Waals surface area (Å²) in [6, 6.07) is 12.7. The van der Waals surface area contributed by atoms with Crippen molar-refractivity contribution in [1.82, 2.24) is 4.98 Å². The minimum atomic E-state index is -1.19. The molecule has 0 amide bonds. The molecule has 0 spiro atoms. The average Bonchev–Trinajstić information content (AvgIpc) is 2.97. The van der Waals surface area contributed by atoms with Crippen molar-refractivity contribution in [3.63, 3.8) is 0 Å². The highest BCUT2D eigenvalue weighted by Gasteiger charge is 2.04. The molecule has 0 aliphatic heterocycles. The predicted octanol–water partition coefficient (Wildman–Crippen LogP) is 2.83. The van der Waals surface area contributed by atoms with E-state index < -0.39 is 5.97 Å². The van der Waals surface area contributed by atoms with E-state index in [4.69, 9.17) is 0 Å². The lowest BCUT2D eigenvalue weighted by Gasteiger charge is -2.08. The molecular formula is C16H10NO2S-. The standard InChI is InChI=1S/C16H11NO2S/c18-16(19)14-10-11(7-8-12-4-3-9-20-12)17-15-6-2-1-5-13(14)15/h1-10H,(H,18,19)/p-1/b8-7+. The van der Waals surface area contributed by atoms with Crippen LogP contribution in [0.25, 0.3) is 23.1 Å². The number of carboxylic acids is 1. The molecule has 0 aliphatic rings. The first kappa shape index (κ1) is 12.6. The Hall–Kier alpha value is -2.46. The fourth-order valence-electron chi connectivity index (χ4n) is 2.00. The monoisotopic (exact) mass is 280 g/mol. The first-order valence-corrected chi connectivity index (χ1v) is 6.95. The van der Waals surface area contributed by atoms with Crippen molar-refractivity contribution in [2.45, 2.75) is 0 Å². The molecule has 0 radical (unpaired) electrons. The summed E-state index contributed by atoms with van der Waals surface area (Å²) in [7, 11) is 0. The SMILES string of the molecule is O=C([O-])c1cc(/C=C/c2cccs2)nc2ccccc12. The van der Waals surface area contributed by atoms with Gasteiger partial charge in [-0.2, -0.15) is 0 Å². The second kappa shape index (κ2) is 5.27.